The van der Waals surface area contributed by atoms with Crippen molar-refractivity contribution in [3.05, 3.63) is 23.8 Å². The van der Waals surface area contributed by atoms with Crippen LogP contribution < -0.4 is 9.47 Å². The van der Waals surface area contributed by atoms with E-state index >= 15 is 0 Å². The molecule has 1 aliphatic heterocycles. The Kier molecular flexibility index (Phi) is 4.55. The van der Waals surface area contributed by atoms with Crippen molar-refractivity contribution in [1.29, 1.82) is 0 Å². The number of hydrogen-bond acceptors (Lipinski definition) is 4. The molecule has 0 radical (unpaired) electrons. The maximum absolute atomic E-state index is 10.1. The van der Waals surface area contributed by atoms with Crippen LogP contribution in [0, 0.1) is 0 Å². The number of aliphatic hydroxyl groups is 1. The van der Waals surface area contributed by atoms with Gasteiger partial charge in [0.05, 0.1) is 12.7 Å². The molecule has 0 aromatic heterocycles. The van der Waals surface area contributed by atoms with Crippen molar-refractivity contribution in [1.82, 2.24) is 4.90 Å². The van der Waals surface area contributed by atoms with Crippen LogP contribution in [0.15, 0.2) is 18.2 Å². The lowest BCUT2D eigenvalue weighted by atomic mass is 9.98. The van der Waals surface area contributed by atoms with Gasteiger partial charge in [0.15, 0.2) is 11.5 Å². The minimum atomic E-state index is -0.881. The highest BCUT2D eigenvalue weighted by Gasteiger charge is 2.22. The summed E-state index contributed by atoms with van der Waals surface area (Å²) >= 11 is 0. The summed E-state index contributed by atoms with van der Waals surface area (Å²) in [4.78, 5) is 2.28. The topological polar surface area (TPSA) is 41.9 Å². The molecule has 0 bridgehead atoms. The molecule has 1 aromatic rings. The fraction of sp³-hybridized carbons (Fsp3) is 0.625. The molecule has 0 amide bonds. The van der Waals surface area contributed by atoms with Gasteiger partial charge in [0, 0.05) is 6.54 Å². The molecule has 1 unspecified atom stereocenters. The molecule has 112 valence electrons. The highest BCUT2D eigenvalue weighted by atomic mass is 16.5. The maximum Gasteiger partial charge on any atom is 0.162 e. The molecule has 2 rings (SSSR count). The summed E-state index contributed by atoms with van der Waals surface area (Å²) in [6, 6.07) is 5.61. The lowest BCUT2D eigenvalue weighted by molar-refractivity contribution is 0.0763. The monoisotopic (exact) mass is 279 g/mol. The first kappa shape index (κ1) is 15.1. The molecular formula is C16H25NO3. The van der Waals surface area contributed by atoms with E-state index in [1.54, 1.807) is 21.0 Å². The Balaban J connectivity index is 2.20. The Morgan fingerprint density at radius 2 is 2.05 bits per heavy atom. The van der Waals surface area contributed by atoms with E-state index in [4.69, 9.17) is 9.47 Å². The van der Waals surface area contributed by atoms with Crippen LogP contribution in [0.4, 0.5) is 0 Å². The number of likely N-dealkylation sites (tertiary alicyclic amines) is 1. The summed E-state index contributed by atoms with van der Waals surface area (Å²) in [7, 11) is 3.75. The minimum absolute atomic E-state index is 0.180. The predicted octanol–water partition coefficient (Wildman–Crippen LogP) is 2.40. The van der Waals surface area contributed by atoms with Crippen molar-refractivity contribution in [2.24, 2.45) is 0 Å². The zero-order valence-corrected chi connectivity index (χ0v) is 12.8. The van der Waals surface area contributed by atoms with Gasteiger partial charge in [-0.15, -0.1) is 0 Å². The van der Waals surface area contributed by atoms with Gasteiger partial charge in [-0.05, 0) is 58.0 Å². The molecule has 1 aliphatic rings. The number of likely N-dealkylation sites (N-methyl/N-ethyl adjacent to an activating group) is 1. The molecule has 0 spiro atoms. The minimum Gasteiger partial charge on any atom is -0.493 e. The normalized spacial score (nSPS) is 20.8. The first-order valence-corrected chi connectivity index (χ1v) is 7.16. The third kappa shape index (κ3) is 3.64. The molecule has 1 aromatic carbocycles. The second-order valence-electron chi connectivity index (χ2n) is 6.07. The van der Waals surface area contributed by atoms with Crippen molar-refractivity contribution < 1.29 is 14.6 Å². The second kappa shape index (κ2) is 6.02. The van der Waals surface area contributed by atoms with Gasteiger partial charge in [-0.25, -0.2) is 0 Å². The molecule has 1 fully saturated rings. The molecule has 1 atom stereocenters. The molecule has 4 nitrogen and oxygen atoms in total. The molecule has 0 saturated carbocycles. The zero-order chi connectivity index (χ0) is 14.8. The zero-order valence-electron chi connectivity index (χ0n) is 12.8. The van der Waals surface area contributed by atoms with Crippen LogP contribution in [0.1, 0.15) is 32.3 Å². The predicted molar refractivity (Wildman–Crippen MR) is 79.4 cm³/mol. The van der Waals surface area contributed by atoms with Crippen LogP contribution >= 0.6 is 0 Å². The van der Waals surface area contributed by atoms with Crippen LogP contribution in [0.25, 0.3) is 0 Å². The van der Waals surface area contributed by atoms with E-state index in [9.17, 15) is 5.11 Å². The molecule has 0 aliphatic carbocycles. The van der Waals surface area contributed by atoms with E-state index in [0.717, 1.165) is 31.5 Å². The van der Waals surface area contributed by atoms with Crippen molar-refractivity contribution in [2.45, 2.75) is 38.4 Å². The highest BCUT2D eigenvalue weighted by molar-refractivity contribution is 5.44. The molecule has 1 saturated heterocycles. The third-order valence-electron chi connectivity index (χ3n) is 3.74. The fourth-order valence-electron chi connectivity index (χ4n) is 2.54. The van der Waals surface area contributed by atoms with Gasteiger partial charge < -0.3 is 19.5 Å². The molecule has 1 heterocycles. The standard InChI is InChI=1S/C16H25NO3/c1-16(2,18)12-7-8-14(19-4)15(10-12)20-13-6-5-9-17(3)11-13/h7-8,10,13,18H,5-6,9,11H2,1-4H3. The lowest BCUT2D eigenvalue weighted by Gasteiger charge is -2.30. The Morgan fingerprint density at radius 1 is 1.30 bits per heavy atom. The van der Waals surface area contributed by atoms with E-state index in [2.05, 4.69) is 11.9 Å². The van der Waals surface area contributed by atoms with Crippen molar-refractivity contribution in [3.63, 3.8) is 0 Å². The summed E-state index contributed by atoms with van der Waals surface area (Å²) in [6.45, 7) is 5.59. The van der Waals surface area contributed by atoms with Crippen molar-refractivity contribution in [2.75, 3.05) is 27.2 Å². The summed E-state index contributed by atoms with van der Waals surface area (Å²) in [6.07, 6.45) is 2.38. The SMILES string of the molecule is COc1ccc(C(C)(C)O)cc1OC1CCCN(C)C1. The Morgan fingerprint density at radius 3 is 2.65 bits per heavy atom. The van der Waals surface area contributed by atoms with Gasteiger partial charge >= 0.3 is 0 Å². The number of ether oxygens (including phenoxy) is 2. The number of methoxy groups -OCH3 is 1. The van der Waals surface area contributed by atoms with Crippen molar-refractivity contribution >= 4 is 0 Å². The number of rotatable bonds is 4. The Labute approximate surface area is 121 Å². The number of nitrogens with zero attached hydrogens (tertiary/aromatic N) is 1. The van der Waals surface area contributed by atoms with E-state index in [-0.39, 0.29) is 6.10 Å². The summed E-state index contributed by atoms with van der Waals surface area (Å²) < 4.78 is 11.5. The van der Waals surface area contributed by atoms with Crippen LogP contribution in [-0.2, 0) is 5.60 Å². The molecular weight excluding hydrogens is 254 g/mol. The van der Waals surface area contributed by atoms with Gasteiger partial charge in [-0.3, -0.25) is 0 Å². The first-order valence-electron chi connectivity index (χ1n) is 7.16. The van der Waals surface area contributed by atoms with E-state index < -0.39 is 5.60 Å². The van der Waals surface area contributed by atoms with Crippen LogP contribution in [0.2, 0.25) is 0 Å². The number of hydrogen-bond donors (Lipinski definition) is 1. The average Bonchev–Trinajstić information content (AvgIpc) is 2.37. The van der Waals surface area contributed by atoms with E-state index in [1.807, 2.05) is 18.2 Å². The van der Waals surface area contributed by atoms with Crippen LogP contribution in [-0.4, -0.2) is 43.4 Å². The Bertz CT molecular complexity index is 454. The van der Waals surface area contributed by atoms with Crippen LogP contribution in [0.3, 0.4) is 0 Å². The molecule has 4 heteroatoms. The molecule has 20 heavy (non-hydrogen) atoms. The molecule has 1 N–H and O–H groups in total. The summed E-state index contributed by atoms with van der Waals surface area (Å²) in [5, 5.41) is 10.1. The van der Waals surface area contributed by atoms with E-state index in [0.29, 0.717) is 11.5 Å². The van der Waals surface area contributed by atoms with Gasteiger partial charge in [0.2, 0.25) is 0 Å². The maximum atomic E-state index is 10.1. The van der Waals surface area contributed by atoms with Gasteiger partial charge in [0.25, 0.3) is 0 Å². The van der Waals surface area contributed by atoms with Gasteiger partial charge in [0.1, 0.15) is 6.10 Å². The van der Waals surface area contributed by atoms with Gasteiger partial charge in [-0.2, -0.15) is 0 Å². The number of piperidine rings is 1. The number of benzene rings is 1. The summed E-state index contributed by atoms with van der Waals surface area (Å²) in [5.41, 5.74) is -0.0502. The summed E-state index contributed by atoms with van der Waals surface area (Å²) in [5.74, 6) is 1.43. The third-order valence-corrected chi connectivity index (χ3v) is 3.74. The quantitative estimate of drug-likeness (QED) is 0.919. The van der Waals surface area contributed by atoms with E-state index in [1.165, 1.54) is 0 Å². The highest BCUT2D eigenvalue weighted by Crippen LogP contribution is 2.33. The largest absolute Gasteiger partial charge is 0.493 e. The lowest BCUT2D eigenvalue weighted by Crippen LogP contribution is -2.38. The fourth-order valence-corrected chi connectivity index (χ4v) is 2.54. The smallest absolute Gasteiger partial charge is 0.162 e. The first-order chi connectivity index (χ1) is 9.40. The van der Waals surface area contributed by atoms with Gasteiger partial charge in [-0.1, -0.05) is 6.07 Å². The Hall–Kier alpha value is -1.26. The van der Waals surface area contributed by atoms with Crippen LogP contribution in [0.5, 0.6) is 11.5 Å². The second-order valence-corrected chi connectivity index (χ2v) is 6.07. The average molecular weight is 279 g/mol. The van der Waals surface area contributed by atoms with Crippen molar-refractivity contribution in [3.8, 4) is 11.5 Å².